The van der Waals surface area contributed by atoms with Gasteiger partial charge in [0.05, 0.1) is 5.76 Å². The van der Waals surface area contributed by atoms with Crippen LogP contribution in [0.1, 0.15) is 13.3 Å². The van der Waals surface area contributed by atoms with Crippen molar-refractivity contribution in [3.63, 3.8) is 0 Å². The van der Waals surface area contributed by atoms with E-state index in [1.807, 2.05) is 0 Å². The highest BCUT2D eigenvalue weighted by atomic mass is 16.3. The van der Waals surface area contributed by atoms with Crippen LogP contribution >= 0.6 is 0 Å². The smallest absolute Gasteiger partial charge is 0.0921 e. The van der Waals surface area contributed by atoms with Gasteiger partial charge in [0.25, 0.3) is 0 Å². The molecule has 0 saturated carbocycles. The van der Waals surface area contributed by atoms with E-state index in [2.05, 4.69) is 0 Å². The molecule has 0 spiro atoms. The Morgan fingerprint density at radius 2 is 2.20 bits per heavy atom. The fraction of sp³-hybridized carbons (Fsp3) is 0.500. The standard InChI is InChI=1S/C4H7O/c1-3-4(2)5/h2,5H,3H2,1H3. The fourth-order valence-electron chi connectivity index (χ4n) is 0. The third-order valence-electron chi connectivity index (χ3n) is 0.362. The number of hydrogen-bond donors (Lipinski definition) is 1. The first-order valence-corrected chi connectivity index (χ1v) is 1.57. The highest BCUT2D eigenvalue weighted by molar-refractivity contribution is 4.69. The molecule has 0 aliphatic rings. The van der Waals surface area contributed by atoms with Crippen molar-refractivity contribution in [2.75, 3.05) is 0 Å². The summed E-state index contributed by atoms with van der Waals surface area (Å²) in [6, 6.07) is 0. The van der Waals surface area contributed by atoms with E-state index in [0.717, 1.165) is 0 Å². The van der Waals surface area contributed by atoms with E-state index in [4.69, 9.17) is 11.7 Å². The molecule has 0 aliphatic heterocycles. The molecule has 0 bridgehead atoms. The van der Waals surface area contributed by atoms with E-state index >= 15 is 0 Å². The highest BCUT2D eigenvalue weighted by Crippen LogP contribution is 1.83. The monoisotopic (exact) mass is 71.0 g/mol. The average Bonchev–Trinajstić information content (AvgIpc) is 1.38. The van der Waals surface area contributed by atoms with Gasteiger partial charge in [-0.3, -0.25) is 0 Å². The average molecular weight is 71.1 g/mol. The summed E-state index contributed by atoms with van der Waals surface area (Å²) in [6.07, 6.45) is 0.556. The molecule has 0 rings (SSSR count). The third kappa shape index (κ3) is 3.54. The molecule has 0 unspecified atom stereocenters. The lowest BCUT2D eigenvalue weighted by atomic mass is 10.4. The molecule has 29 valence electrons. The molecular weight excluding hydrogens is 64.0 g/mol. The minimum Gasteiger partial charge on any atom is -0.512 e. The van der Waals surface area contributed by atoms with E-state index in [1.165, 1.54) is 0 Å². The second-order valence-electron chi connectivity index (χ2n) is 0.845. The van der Waals surface area contributed by atoms with Gasteiger partial charge in [-0.2, -0.15) is 0 Å². The van der Waals surface area contributed by atoms with Crippen molar-refractivity contribution in [1.82, 2.24) is 0 Å². The number of hydrogen-bond acceptors (Lipinski definition) is 1. The Labute approximate surface area is 31.9 Å². The van der Waals surface area contributed by atoms with E-state index in [1.54, 1.807) is 6.92 Å². The Balaban J connectivity index is 2.85. The predicted molar refractivity (Wildman–Crippen MR) is 20.7 cm³/mol. The van der Waals surface area contributed by atoms with Crippen molar-refractivity contribution in [3.05, 3.63) is 12.3 Å². The second kappa shape index (κ2) is 1.82. The maximum atomic E-state index is 8.06. The first-order chi connectivity index (χ1) is 2.27. The first kappa shape index (κ1) is 4.54. The maximum Gasteiger partial charge on any atom is 0.0921 e. The van der Waals surface area contributed by atoms with Gasteiger partial charge in [0, 0.05) is 6.42 Å². The zero-order valence-corrected chi connectivity index (χ0v) is 3.23. The van der Waals surface area contributed by atoms with Gasteiger partial charge in [-0.1, -0.05) is 6.92 Å². The van der Waals surface area contributed by atoms with Crippen LogP contribution in [0.2, 0.25) is 0 Å². The summed E-state index contributed by atoms with van der Waals surface area (Å²) in [5.74, 6) is 0.00463. The van der Waals surface area contributed by atoms with Crippen LogP contribution in [-0.2, 0) is 0 Å². The molecule has 0 aromatic heterocycles. The Morgan fingerprint density at radius 3 is 2.20 bits per heavy atom. The Kier molecular flexibility index (Phi) is 1.65. The minimum absolute atomic E-state index is 0.00463. The zero-order chi connectivity index (χ0) is 4.28. The molecule has 1 heteroatoms. The maximum absolute atomic E-state index is 8.06. The van der Waals surface area contributed by atoms with Gasteiger partial charge in [-0.15, -0.1) is 0 Å². The van der Waals surface area contributed by atoms with Gasteiger partial charge in [0.15, 0.2) is 0 Å². The molecule has 1 N–H and O–H groups in total. The summed E-state index contributed by atoms with van der Waals surface area (Å²) in [7, 11) is 0. The summed E-state index contributed by atoms with van der Waals surface area (Å²) in [5, 5.41) is 8.06. The topological polar surface area (TPSA) is 20.2 Å². The van der Waals surface area contributed by atoms with Crippen LogP contribution in [0.3, 0.4) is 0 Å². The molecule has 0 fully saturated rings. The highest BCUT2D eigenvalue weighted by Gasteiger charge is 1.71. The zero-order valence-electron chi connectivity index (χ0n) is 3.23. The summed E-state index contributed by atoms with van der Waals surface area (Å²) in [4.78, 5) is 0. The Hall–Kier alpha value is -0.460. The number of rotatable bonds is 1. The number of aliphatic hydroxyl groups excluding tert-OH is 1. The summed E-state index contributed by atoms with van der Waals surface area (Å²) in [6.45, 7) is 6.55. The quantitative estimate of drug-likeness (QED) is 0.461. The van der Waals surface area contributed by atoms with Gasteiger partial charge < -0.3 is 5.11 Å². The van der Waals surface area contributed by atoms with Crippen LogP contribution in [0.15, 0.2) is 5.76 Å². The lowest BCUT2D eigenvalue weighted by Gasteiger charge is -1.79. The molecule has 5 heavy (non-hydrogen) atoms. The molecule has 0 aromatic carbocycles. The van der Waals surface area contributed by atoms with Crippen LogP contribution in [0.25, 0.3) is 0 Å². The molecular formula is C4H7O. The molecule has 1 radical (unpaired) electrons. The van der Waals surface area contributed by atoms with Crippen LogP contribution in [-0.4, -0.2) is 5.11 Å². The van der Waals surface area contributed by atoms with Crippen molar-refractivity contribution in [1.29, 1.82) is 0 Å². The van der Waals surface area contributed by atoms with Crippen molar-refractivity contribution in [3.8, 4) is 0 Å². The molecule has 0 amide bonds. The Bertz CT molecular complexity index is 38.9. The predicted octanol–water partition coefficient (Wildman–Crippen LogP) is 1.27. The lowest BCUT2D eigenvalue weighted by molar-refractivity contribution is 0.395. The van der Waals surface area contributed by atoms with Gasteiger partial charge in [-0.05, 0) is 6.58 Å². The molecule has 1 nitrogen and oxygen atoms in total. The van der Waals surface area contributed by atoms with E-state index in [0.29, 0.717) is 6.42 Å². The summed E-state index contributed by atoms with van der Waals surface area (Å²) in [5.41, 5.74) is 0. The number of allylic oxidation sites excluding steroid dienone is 1. The Morgan fingerprint density at radius 1 is 2.00 bits per heavy atom. The summed E-state index contributed by atoms with van der Waals surface area (Å²) >= 11 is 0. The minimum atomic E-state index is 0.00463. The molecule has 0 heterocycles. The van der Waals surface area contributed by atoms with E-state index < -0.39 is 0 Å². The second-order valence-corrected chi connectivity index (χ2v) is 0.845. The normalized spacial score (nSPS) is 7.40. The van der Waals surface area contributed by atoms with Crippen molar-refractivity contribution in [2.24, 2.45) is 0 Å². The van der Waals surface area contributed by atoms with Crippen LogP contribution in [0.5, 0.6) is 0 Å². The van der Waals surface area contributed by atoms with Gasteiger partial charge >= 0.3 is 0 Å². The largest absolute Gasteiger partial charge is 0.512 e. The summed E-state index contributed by atoms with van der Waals surface area (Å²) < 4.78 is 0. The van der Waals surface area contributed by atoms with Gasteiger partial charge in [0.1, 0.15) is 0 Å². The molecule has 0 aromatic rings. The first-order valence-electron chi connectivity index (χ1n) is 1.57. The van der Waals surface area contributed by atoms with E-state index in [-0.39, 0.29) is 5.76 Å². The SMILES string of the molecule is [CH]=C(O)CC. The van der Waals surface area contributed by atoms with Crippen LogP contribution < -0.4 is 0 Å². The number of aliphatic hydroxyl groups is 1. The van der Waals surface area contributed by atoms with Crippen LogP contribution in [0, 0.1) is 6.58 Å². The molecule has 0 aliphatic carbocycles. The molecule has 0 atom stereocenters. The third-order valence-corrected chi connectivity index (χ3v) is 0.362. The molecule has 0 saturated heterocycles. The van der Waals surface area contributed by atoms with Gasteiger partial charge in [0.2, 0.25) is 0 Å². The lowest BCUT2D eigenvalue weighted by Crippen LogP contribution is -1.66. The van der Waals surface area contributed by atoms with Gasteiger partial charge in [-0.25, -0.2) is 0 Å². The van der Waals surface area contributed by atoms with Crippen molar-refractivity contribution in [2.45, 2.75) is 13.3 Å². The van der Waals surface area contributed by atoms with Crippen molar-refractivity contribution < 1.29 is 5.11 Å². The van der Waals surface area contributed by atoms with Crippen molar-refractivity contribution >= 4 is 0 Å². The van der Waals surface area contributed by atoms with Crippen LogP contribution in [0.4, 0.5) is 0 Å². The van der Waals surface area contributed by atoms with E-state index in [9.17, 15) is 0 Å². The fourth-order valence-corrected chi connectivity index (χ4v) is 0.